The maximum absolute atomic E-state index is 5.84. The van der Waals surface area contributed by atoms with Crippen molar-refractivity contribution < 1.29 is 4.74 Å². The maximum atomic E-state index is 5.84. The lowest BCUT2D eigenvalue weighted by Crippen LogP contribution is -2.41. The van der Waals surface area contributed by atoms with Gasteiger partial charge in [-0.15, -0.1) is 0 Å². The fourth-order valence-corrected chi connectivity index (χ4v) is 4.77. The number of piperidine rings is 1. The van der Waals surface area contributed by atoms with E-state index in [0.29, 0.717) is 0 Å². The number of para-hydroxylation sites is 1. The first-order chi connectivity index (χ1) is 12.2. The van der Waals surface area contributed by atoms with E-state index >= 15 is 0 Å². The standard InChI is InChI=1S/C23H29NO/c1-3-25-23-7-5-4-6-19(23)16-24-21-12-13-22(24)15-20(14-21)18-10-8-17(2)9-11-18/h4-11,20-22H,3,12-16H2,1-2H3/t21-,22-/m0/s1. The average Bonchev–Trinajstić information content (AvgIpc) is 2.86. The number of hydrogen-bond donors (Lipinski definition) is 0. The highest BCUT2D eigenvalue weighted by atomic mass is 16.5. The highest BCUT2D eigenvalue weighted by Gasteiger charge is 2.41. The van der Waals surface area contributed by atoms with Crippen molar-refractivity contribution in [3.8, 4) is 5.75 Å². The van der Waals surface area contributed by atoms with Crippen molar-refractivity contribution in [2.75, 3.05) is 6.61 Å². The number of ether oxygens (including phenoxy) is 1. The summed E-state index contributed by atoms with van der Waals surface area (Å²) < 4.78 is 5.84. The molecular weight excluding hydrogens is 306 g/mol. The van der Waals surface area contributed by atoms with Gasteiger partial charge >= 0.3 is 0 Å². The predicted octanol–water partition coefficient (Wildman–Crippen LogP) is 5.30. The predicted molar refractivity (Wildman–Crippen MR) is 103 cm³/mol. The largest absolute Gasteiger partial charge is 0.494 e. The molecule has 0 unspecified atom stereocenters. The summed E-state index contributed by atoms with van der Waals surface area (Å²) in [5.74, 6) is 1.79. The molecule has 0 spiro atoms. The molecule has 4 rings (SSSR count). The highest BCUT2D eigenvalue weighted by Crippen LogP contribution is 2.44. The summed E-state index contributed by atoms with van der Waals surface area (Å²) in [6.07, 6.45) is 5.31. The van der Waals surface area contributed by atoms with Crippen molar-refractivity contribution in [3.05, 3.63) is 65.2 Å². The Kier molecular flexibility index (Phi) is 4.80. The fourth-order valence-electron chi connectivity index (χ4n) is 4.77. The molecule has 0 saturated carbocycles. The molecule has 2 aliphatic heterocycles. The van der Waals surface area contributed by atoms with E-state index in [1.165, 1.54) is 42.4 Å². The summed E-state index contributed by atoms with van der Waals surface area (Å²) in [5, 5.41) is 0. The SMILES string of the molecule is CCOc1ccccc1CN1[C@H]2CC[C@H]1CC(c1ccc(C)cc1)C2. The van der Waals surface area contributed by atoms with Gasteiger partial charge in [0, 0.05) is 24.2 Å². The van der Waals surface area contributed by atoms with Gasteiger partial charge in [-0.05, 0) is 57.1 Å². The molecule has 2 nitrogen and oxygen atoms in total. The van der Waals surface area contributed by atoms with Crippen molar-refractivity contribution in [2.45, 2.75) is 64.1 Å². The van der Waals surface area contributed by atoms with Crippen molar-refractivity contribution in [3.63, 3.8) is 0 Å². The minimum Gasteiger partial charge on any atom is -0.494 e. The average molecular weight is 335 g/mol. The van der Waals surface area contributed by atoms with Crippen molar-refractivity contribution in [1.82, 2.24) is 4.90 Å². The van der Waals surface area contributed by atoms with Gasteiger partial charge in [0.05, 0.1) is 6.61 Å². The lowest BCUT2D eigenvalue weighted by molar-refractivity contribution is 0.117. The van der Waals surface area contributed by atoms with Gasteiger partial charge in [-0.25, -0.2) is 0 Å². The van der Waals surface area contributed by atoms with Crippen LogP contribution in [-0.2, 0) is 6.54 Å². The van der Waals surface area contributed by atoms with E-state index in [2.05, 4.69) is 67.3 Å². The first-order valence-electron chi connectivity index (χ1n) is 9.77. The van der Waals surface area contributed by atoms with Crippen LogP contribution in [0.1, 0.15) is 55.2 Å². The quantitative estimate of drug-likeness (QED) is 0.735. The topological polar surface area (TPSA) is 12.5 Å². The van der Waals surface area contributed by atoms with Crippen LogP contribution < -0.4 is 4.74 Å². The van der Waals surface area contributed by atoms with Gasteiger partial charge in [0.2, 0.25) is 0 Å². The Morgan fingerprint density at radius 3 is 2.32 bits per heavy atom. The molecule has 0 aromatic heterocycles. The molecular formula is C23H29NO. The van der Waals surface area contributed by atoms with Gasteiger partial charge in [-0.3, -0.25) is 4.90 Å². The normalized spacial score (nSPS) is 25.9. The van der Waals surface area contributed by atoms with Crippen LogP contribution in [0.15, 0.2) is 48.5 Å². The second-order valence-corrected chi connectivity index (χ2v) is 7.68. The molecule has 132 valence electrons. The minimum absolute atomic E-state index is 0.722. The molecule has 2 saturated heterocycles. The molecule has 0 amide bonds. The van der Waals surface area contributed by atoms with Crippen molar-refractivity contribution >= 4 is 0 Å². The molecule has 2 fully saturated rings. The Balaban J connectivity index is 1.48. The molecule has 2 heterocycles. The number of hydrogen-bond acceptors (Lipinski definition) is 2. The van der Waals surface area contributed by atoms with Gasteiger partial charge in [0.25, 0.3) is 0 Å². The number of nitrogens with zero attached hydrogens (tertiary/aromatic N) is 1. The van der Waals surface area contributed by atoms with Crippen LogP contribution in [0.4, 0.5) is 0 Å². The fraction of sp³-hybridized carbons (Fsp3) is 0.478. The maximum Gasteiger partial charge on any atom is 0.123 e. The van der Waals surface area contributed by atoms with Crippen LogP contribution in [0.25, 0.3) is 0 Å². The number of fused-ring (bicyclic) bond motifs is 2. The summed E-state index contributed by atoms with van der Waals surface area (Å²) in [5.41, 5.74) is 4.24. The summed E-state index contributed by atoms with van der Waals surface area (Å²) in [6.45, 7) is 6.00. The molecule has 0 radical (unpaired) electrons. The molecule has 2 aliphatic rings. The van der Waals surface area contributed by atoms with Gasteiger partial charge < -0.3 is 4.74 Å². The van der Waals surface area contributed by atoms with Gasteiger partial charge in [0.1, 0.15) is 5.75 Å². The van der Waals surface area contributed by atoms with E-state index < -0.39 is 0 Å². The monoisotopic (exact) mass is 335 g/mol. The smallest absolute Gasteiger partial charge is 0.123 e. The zero-order valence-corrected chi connectivity index (χ0v) is 15.4. The summed E-state index contributed by atoms with van der Waals surface area (Å²) in [4.78, 5) is 2.75. The van der Waals surface area contributed by atoms with Crippen LogP contribution in [0, 0.1) is 6.92 Å². The van der Waals surface area contributed by atoms with E-state index in [4.69, 9.17) is 4.74 Å². The lowest BCUT2D eigenvalue weighted by atomic mass is 9.84. The molecule has 0 N–H and O–H groups in total. The molecule has 2 atom stereocenters. The van der Waals surface area contributed by atoms with E-state index in [9.17, 15) is 0 Å². The van der Waals surface area contributed by atoms with Gasteiger partial charge in [0.15, 0.2) is 0 Å². The Hall–Kier alpha value is -1.80. The Morgan fingerprint density at radius 1 is 0.960 bits per heavy atom. The molecule has 0 aliphatic carbocycles. The third kappa shape index (κ3) is 3.46. The van der Waals surface area contributed by atoms with Gasteiger partial charge in [-0.1, -0.05) is 48.0 Å². The van der Waals surface area contributed by atoms with Crippen molar-refractivity contribution in [1.29, 1.82) is 0 Å². The van der Waals surface area contributed by atoms with E-state index in [0.717, 1.165) is 36.9 Å². The molecule has 25 heavy (non-hydrogen) atoms. The first-order valence-corrected chi connectivity index (χ1v) is 9.77. The molecule has 2 bridgehead atoms. The summed E-state index contributed by atoms with van der Waals surface area (Å²) >= 11 is 0. The van der Waals surface area contributed by atoms with E-state index in [-0.39, 0.29) is 0 Å². The number of rotatable bonds is 5. The zero-order valence-electron chi connectivity index (χ0n) is 15.4. The second kappa shape index (κ2) is 7.21. The minimum atomic E-state index is 0.722. The Labute approximate surface area is 151 Å². The number of benzene rings is 2. The second-order valence-electron chi connectivity index (χ2n) is 7.68. The number of aryl methyl sites for hydroxylation is 1. The van der Waals surface area contributed by atoms with Gasteiger partial charge in [-0.2, -0.15) is 0 Å². The third-order valence-electron chi connectivity index (χ3n) is 6.06. The summed E-state index contributed by atoms with van der Waals surface area (Å²) in [6, 6.07) is 19.2. The molecule has 2 aromatic carbocycles. The van der Waals surface area contributed by atoms with Crippen LogP contribution in [0.2, 0.25) is 0 Å². The van der Waals surface area contributed by atoms with Crippen LogP contribution in [0.5, 0.6) is 5.75 Å². The van der Waals surface area contributed by atoms with E-state index in [1.54, 1.807) is 0 Å². The van der Waals surface area contributed by atoms with E-state index in [1.807, 2.05) is 0 Å². The zero-order chi connectivity index (χ0) is 17.2. The molecule has 2 heteroatoms. The first kappa shape index (κ1) is 16.7. The highest BCUT2D eigenvalue weighted by molar-refractivity contribution is 5.34. The molecule has 2 aromatic rings. The third-order valence-corrected chi connectivity index (χ3v) is 6.06. The Morgan fingerprint density at radius 2 is 1.64 bits per heavy atom. The lowest BCUT2D eigenvalue weighted by Gasteiger charge is -2.39. The summed E-state index contributed by atoms with van der Waals surface area (Å²) in [7, 11) is 0. The Bertz CT molecular complexity index is 694. The van der Waals surface area contributed by atoms with Crippen molar-refractivity contribution in [2.24, 2.45) is 0 Å². The van der Waals surface area contributed by atoms with Crippen LogP contribution >= 0.6 is 0 Å². The van der Waals surface area contributed by atoms with Crippen LogP contribution in [0.3, 0.4) is 0 Å². The van der Waals surface area contributed by atoms with Crippen LogP contribution in [-0.4, -0.2) is 23.6 Å².